The van der Waals surface area contributed by atoms with Gasteiger partial charge in [0.2, 0.25) is 5.91 Å². The first-order valence-corrected chi connectivity index (χ1v) is 11.9. The highest BCUT2D eigenvalue weighted by Gasteiger charge is 2.20. The largest absolute Gasteiger partial charge is 0.489 e. The predicted octanol–water partition coefficient (Wildman–Crippen LogP) is 5.14. The lowest BCUT2D eigenvalue weighted by molar-refractivity contribution is -0.118. The fraction of sp³-hybridized carbons (Fsp3) is 0.286. The van der Waals surface area contributed by atoms with Gasteiger partial charge < -0.3 is 26.4 Å². The second-order valence-corrected chi connectivity index (χ2v) is 8.59. The SMILES string of the molecule is Cc1ccc(COc2ccc(NC(=O)N[C@@H](CCCCN)C(=O)Nc3ccc(C)cc3)cc2)cc1. The molecule has 0 aliphatic carbocycles. The molecule has 0 spiro atoms. The van der Waals surface area contributed by atoms with Gasteiger partial charge >= 0.3 is 6.03 Å². The number of ether oxygens (including phenoxy) is 1. The van der Waals surface area contributed by atoms with Gasteiger partial charge in [0.05, 0.1) is 0 Å². The van der Waals surface area contributed by atoms with Crippen molar-refractivity contribution < 1.29 is 14.3 Å². The summed E-state index contributed by atoms with van der Waals surface area (Å²) in [6.45, 7) is 5.03. The van der Waals surface area contributed by atoms with Crippen molar-refractivity contribution in [2.24, 2.45) is 5.73 Å². The zero-order valence-corrected chi connectivity index (χ0v) is 20.3. The molecule has 3 aromatic carbocycles. The Bertz CT molecular complexity index is 1080. The molecule has 0 heterocycles. The number of nitrogens with one attached hydrogen (secondary N) is 3. The molecular weight excluding hydrogens is 440 g/mol. The lowest BCUT2D eigenvalue weighted by atomic mass is 10.1. The molecule has 0 aliphatic rings. The molecular formula is C28H34N4O3. The van der Waals surface area contributed by atoms with Gasteiger partial charge in [-0.15, -0.1) is 0 Å². The first kappa shape index (κ1) is 25.8. The predicted molar refractivity (Wildman–Crippen MR) is 141 cm³/mol. The Labute approximate surface area is 207 Å². The summed E-state index contributed by atoms with van der Waals surface area (Å²) >= 11 is 0. The van der Waals surface area contributed by atoms with E-state index in [1.165, 1.54) is 5.56 Å². The summed E-state index contributed by atoms with van der Waals surface area (Å²) in [4.78, 5) is 25.5. The summed E-state index contributed by atoms with van der Waals surface area (Å²) in [7, 11) is 0. The summed E-state index contributed by atoms with van der Waals surface area (Å²) in [6, 6.07) is 21.7. The first-order valence-electron chi connectivity index (χ1n) is 11.9. The number of benzene rings is 3. The number of rotatable bonds is 11. The molecule has 0 aromatic heterocycles. The minimum Gasteiger partial charge on any atom is -0.489 e. The topological polar surface area (TPSA) is 105 Å². The van der Waals surface area contributed by atoms with E-state index < -0.39 is 12.1 Å². The van der Waals surface area contributed by atoms with Gasteiger partial charge in [0, 0.05) is 11.4 Å². The molecule has 7 nitrogen and oxygen atoms in total. The molecule has 3 rings (SSSR count). The Morgan fingerprint density at radius 1 is 0.800 bits per heavy atom. The van der Waals surface area contributed by atoms with Gasteiger partial charge in [-0.1, -0.05) is 47.5 Å². The Hall–Kier alpha value is -3.84. The average Bonchev–Trinajstić information content (AvgIpc) is 2.85. The van der Waals surface area contributed by atoms with Crippen LogP contribution in [0.5, 0.6) is 5.75 Å². The maximum Gasteiger partial charge on any atom is 0.319 e. The lowest BCUT2D eigenvalue weighted by Crippen LogP contribution is -2.45. The molecule has 7 heteroatoms. The van der Waals surface area contributed by atoms with Crippen LogP contribution in [-0.2, 0) is 11.4 Å². The first-order chi connectivity index (χ1) is 16.9. The Balaban J connectivity index is 1.53. The van der Waals surface area contributed by atoms with E-state index in [4.69, 9.17) is 10.5 Å². The van der Waals surface area contributed by atoms with Gasteiger partial charge in [-0.3, -0.25) is 4.79 Å². The Kier molecular flexibility index (Phi) is 9.69. The summed E-state index contributed by atoms with van der Waals surface area (Å²) in [5.74, 6) is 0.439. The van der Waals surface area contributed by atoms with E-state index in [1.54, 1.807) is 24.3 Å². The third-order valence-electron chi connectivity index (χ3n) is 5.53. The minimum atomic E-state index is -0.681. The van der Waals surface area contributed by atoms with Crippen molar-refractivity contribution in [3.8, 4) is 5.75 Å². The smallest absolute Gasteiger partial charge is 0.319 e. The van der Waals surface area contributed by atoms with E-state index in [-0.39, 0.29) is 5.91 Å². The van der Waals surface area contributed by atoms with Crippen LogP contribution in [0.4, 0.5) is 16.2 Å². The Morgan fingerprint density at radius 2 is 1.37 bits per heavy atom. The molecule has 3 aromatic rings. The number of carbonyl (C=O) groups excluding carboxylic acids is 2. The summed E-state index contributed by atoms with van der Waals surface area (Å²) in [5.41, 5.74) is 10.3. The second kappa shape index (κ2) is 13.2. The van der Waals surface area contributed by atoms with Crippen LogP contribution in [0.1, 0.15) is 36.0 Å². The highest BCUT2D eigenvalue weighted by atomic mass is 16.5. The number of unbranched alkanes of at least 4 members (excludes halogenated alkanes) is 1. The normalized spacial score (nSPS) is 11.4. The molecule has 0 radical (unpaired) electrons. The molecule has 5 N–H and O–H groups in total. The molecule has 0 aliphatic heterocycles. The fourth-order valence-corrected chi connectivity index (χ4v) is 3.44. The van der Waals surface area contributed by atoms with E-state index in [0.29, 0.717) is 36.7 Å². The zero-order chi connectivity index (χ0) is 25.0. The molecule has 0 unspecified atom stereocenters. The number of nitrogens with two attached hydrogens (primary N) is 1. The molecule has 1 atom stereocenters. The number of hydrogen-bond acceptors (Lipinski definition) is 4. The average molecular weight is 475 g/mol. The fourth-order valence-electron chi connectivity index (χ4n) is 3.44. The van der Waals surface area contributed by atoms with E-state index in [2.05, 4.69) is 28.1 Å². The molecule has 0 saturated heterocycles. The summed E-state index contributed by atoms with van der Waals surface area (Å²) in [5, 5.41) is 8.45. The van der Waals surface area contributed by atoms with E-state index in [0.717, 1.165) is 24.0 Å². The number of hydrogen-bond donors (Lipinski definition) is 4. The van der Waals surface area contributed by atoms with Crippen LogP contribution in [0.2, 0.25) is 0 Å². The van der Waals surface area contributed by atoms with Crippen LogP contribution >= 0.6 is 0 Å². The molecule has 0 bridgehead atoms. The van der Waals surface area contributed by atoms with Crippen LogP contribution in [0, 0.1) is 13.8 Å². The van der Waals surface area contributed by atoms with E-state index in [9.17, 15) is 9.59 Å². The van der Waals surface area contributed by atoms with Crippen molar-refractivity contribution >= 4 is 23.3 Å². The molecule has 184 valence electrons. The number of anilines is 2. The third-order valence-corrected chi connectivity index (χ3v) is 5.53. The van der Waals surface area contributed by atoms with Gasteiger partial charge in [-0.2, -0.15) is 0 Å². The zero-order valence-electron chi connectivity index (χ0n) is 20.3. The highest BCUT2D eigenvalue weighted by Crippen LogP contribution is 2.18. The van der Waals surface area contributed by atoms with Crippen molar-refractivity contribution in [1.29, 1.82) is 0 Å². The number of urea groups is 1. The summed E-state index contributed by atoms with van der Waals surface area (Å²) < 4.78 is 5.82. The van der Waals surface area contributed by atoms with E-state index in [1.807, 2.05) is 50.2 Å². The van der Waals surface area contributed by atoms with Crippen LogP contribution in [0.3, 0.4) is 0 Å². The molecule has 35 heavy (non-hydrogen) atoms. The molecule has 0 saturated carbocycles. The molecule has 3 amide bonds. The maximum atomic E-state index is 12.8. The van der Waals surface area contributed by atoms with Gasteiger partial charge in [-0.05, 0) is 81.6 Å². The highest BCUT2D eigenvalue weighted by molar-refractivity contribution is 5.99. The van der Waals surface area contributed by atoms with Gasteiger partial charge in [0.15, 0.2) is 0 Å². The molecule has 0 fully saturated rings. The van der Waals surface area contributed by atoms with E-state index >= 15 is 0 Å². The third kappa shape index (κ3) is 8.79. The van der Waals surface area contributed by atoms with Crippen LogP contribution < -0.4 is 26.4 Å². The maximum absolute atomic E-state index is 12.8. The van der Waals surface area contributed by atoms with Crippen molar-refractivity contribution in [2.75, 3.05) is 17.2 Å². The van der Waals surface area contributed by atoms with Crippen LogP contribution in [0.15, 0.2) is 72.8 Å². The number of amides is 3. The van der Waals surface area contributed by atoms with Gasteiger partial charge in [0.25, 0.3) is 0 Å². The van der Waals surface area contributed by atoms with Gasteiger partial charge in [-0.25, -0.2) is 4.79 Å². The van der Waals surface area contributed by atoms with Crippen molar-refractivity contribution in [3.63, 3.8) is 0 Å². The second-order valence-electron chi connectivity index (χ2n) is 8.59. The van der Waals surface area contributed by atoms with Crippen LogP contribution in [0.25, 0.3) is 0 Å². The van der Waals surface area contributed by atoms with Crippen LogP contribution in [-0.4, -0.2) is 24.5 Å². The number of aryl methyl sites for hydroxylation is 2. The summed E-state index contributed by atoms with van der Waals surface area (Å²) in [6.07, 6.45) is 2.01. The van der Waals surface area contributed by atoms with Crippen molar-refractivity contribution in [1.82, 2.24) is 5.32 Å². The van der Waals surface area contributed by atoms with Crippen molar-refractivity contribution in [3.05, 3.63) is 89.5 Å². The van der Waals surface area contributed by atoms with Gasteiger partial charge in [0.1, 0.15) is 18.4 Å². The lowest BCUT2D eigenvalue weighted by Gasteiger charge is -2.19. The monoisotopic (exact) mass is 474 g/mol. The minimum absolute atomic E-state index is 0.263. The standard InChI is InChI=1S/C28H34N4O3/c1-20-6-10-22(11-7-20)19-35-25-16-14-24(15-17-25)31-28(34)32-26(5-3-4-18-29)27(33)30-23-12-8-21(2)9-13-23/h6-17,26H,3-5,18-19,29H2,1-2H3,(H,30,33)(H2,31,32,34)/t26-/m0/s1. The quantitative estimate of drug-likeness (QED) is 0.289. The number of carbonyl (C=O) groups is 2. The van der Waals surface area contributed by atoms with Crippen molar-refractivity contribution in [2.45, 2.75) is 45.8 Å². The Morgan fingerprint density at radius 3 is 2.00 bits per heavy atom.